The van der Waals surface area contributed by atoms with Crippen molar-refractivity contribution in [2.75, 3.05) is 13.2 Å². The summed E-state index contributed by atoms with van der Waals surface area (Å²) in [5, 5.41) is 0. The van der Waals surface area contributed by atoms with Crippen LogP contribution in [0.3, 0.4) is 0 Å². The Morgan fingerprint density at radius 3 is 2.83 bits per heavy atom. The zero-order valence-electron chi connectivity index (χ0n) is 14.4. The third-order valence-corrected chi connectivity index (χ3v) is 4.90. The highest BCUT2D eigenvalue weighted by Gasteiger charge is 2.37. The number of amides is 1. The minimum Gasteiger partial charge on any atom is -0.445 e. The number of hydrogen-bond acceptors (Lipinski definition) is 3. The summed E-state index contributed by atoms with van der Waals surface area (Å²) in [6.07, 6.45) is 7.34. The molecule has 1 aromatic carbocycles. The van der Waals surface area contributed by atoms with E-state index < -0.39 is 0 Å². The van der Waals surface area contributed by atoms with Crippen molar-refractivity contribution in [3.63, 3.8) is 0 Å². The first kappa shape index (κ1) is 17.0. The van der Waals surface area contributed by atoms with Crippen molar-refractivity contribution in [1.29, 1.82) is 0 Å². The molecule has 0 N–H and O–H groups in total. The standard InChI is InChI=1S/C20H27NO3/c1-2-23-12-11-17-13-18-9-6-10-19(14-17)21(18)20(22)24-15-16-7-4-3-5-8-16/h3-5,7-8,13,18-19H,2,6,9-12,14-15H2,1H3. The summed E-state index contributed by atoms with van der Waals surface area (Å²) in [6.45, 7) is 3.91. The molecule has 2 unspecified atom stereocenters. The van der Waals surface area contributed by atoms with Crippen molar-refractivity contribution >= 4 is 6.09 Å². The molecule has 1 saturated heterocycles. The molecule has 0 spiro atoms. The summed E-state index contributed by atoms with van der Waals surface area (Å²) in [6, 6.07) is 10.3. The molecular weight excluding hydrogens is 302 g/mol. The number of carbonyl (C=O) groups is 1. The van der Waals surface area contributed by atoms with Gasteiger partial charge in [0, 0.05) is 12.6 Å². The number of ether oxygens (including phenoxy) is 2. The fourth-order valence-corrected chi connectivity index (χ4v) is 3.73. The number of carbonyl (C=O) groups excluding carboxylic acids is 1. The number of benzene rings is 1. The Hall–Kier alpha value is -1.81. The average molecular weight is 329 g/mol. The van der Waals surface area contributed by atoms with Gasteiger partial charge in [-0.3, -0.25) is 4.90 Å². The Bertz CT molecular complexity index is 570. The maximum absolute atomic E-state index is 12.6. The normalized spacial score (nSPS) is 22.9. The van der Waals surface area contributed by atoms with Crippen LogP contribution in [0.15, 0.2) is 42.0 Å². The molecule has 0 aliphatic carbocycles. The summed E-state index contributed by atoms with van der Waals surface area (Å²) < 4.78 is 11.0. The third-order valence-electron chi connectivity index (χ3n) is 4.90. The summed E-state index contributed by atoms with van der Waals surface area (Å²) >= 11 is 0. The molecule has 130 valence electrons. The van der Waals surface area contributed by atoms with Crippen LogP contribution >= 0.6 is 0 Å². The van der Waals surface area contributed by atoms with Gasteiger partial charge in [-0.15, -0.1) is 0 Å². The molecule has 1 aromatic rings. The van der Waals surface area contributed by atoms with E-state index >= 15 is 0 Å². The Kier molecular flexibility index (Phi) is 5.91. The third kappa shape index (κ3) is 4.18. The lowest BCUT2D eigenvalue weighted by Gasteiger charge is -2.44. The first-order valence-electron chi connectivity index (χ1n) is 9.04. The Morgan fingerprint density at radius 1 is 1.25 bits per heavy atom. The molecular formula is C20H27NO3. The van der Waals surface area contributed by atoms with E-state index in [4.69, 9.17) is 9.47 Å². The van der Waals surface area contributed by atoms with Crippen LogP contribution < -0.4 is 0 Å². The van der Waals surface area contributed by atoms with Crippen LogP contribution in [0.25, 0.3) is 0 Å². The van der Waals surface area contributed by atoms with Gasteiger partial charge in [-0.05, 0) is 44.6 Å². The van der Waals surface area contributed by atoms with Crippen LogP contribution in [0.2, 0.25) is 0 Å². The monoisotopic (exact) mass is 329 g/mol. The minimum absolute atomic E-state index is 0.173. The summed E-state index contributed by atoms with van der Waals surface area (Å²) in [5.41, 5.74) is 2.46. The first-order valence-corrected chi connectivity index (χ1v) is 9.04. The van der Waals surface area contributed by atoms with Gasteiger partial charge in [0.2, 0.25) is 0 Å². The van der Waals surface area contributed by atoms with E-state index in [0.717, 1.165) is 44.5 Å². The van der Waals surface area contributed by atoms with Crippen LogP contribution in [-0.2, 0) is 16.1 Å². The van der Waals surface area contributed by atoms with Gasteiger partial charge in [-0.2, -0.15) is 0 Å². The Morgan fingerprint density at radius 2 is 2.08 bits per heavy atom. The zero-order chi connectivity index (χ0) is 16.8. The lowest BCUT2D eigenvalue weighted by molar-refractivity contribution is 0.0472. The largest absolute Gasteiger partial charge is 0.445 e. The molecule has 0 radical (unpaired) electrons. The summed E-state index contributed by atoms with van der Waals surface area (Å²) in [5.74, 6) is 0. The molecule has 0 aromatic heterocycles. The van der Waals surface area contributed by atoms with Crippen LogP contribution in [0.4, 0.5) is 4.79 Å². The predicted molar refractivity (Wildman–Crippen MR) is 93.7 cm³/mol. The Labute approximate surface area is 144 Å². The van der Waals surface area contributed by atoms with Crippen molar-refractivity contribution in [1.82, 2.24) is 4.90 Å². The molecule has 2 atom stereocenters. The van der Waals surface area contributed by atoms with E-state index in [-0.39, 0.29) is 18.2 Å². The lowest BCUT2D eigenvalue weighted by atomic mass is 9.84. The van der Waals surface area contributed by atoms with E-state index in [1.807, 2.05) is 42.2 Å². The molecule has 2 aliphatic rings. The van der Waals surface area contributed by atoms with E-state index in [0.29, 0.717) is 6.61 Å². The van der Waals surface area contributed by atoms with E-state index in [2.05, 4.69) is 6.08 Å². The SMILES string of the molecule is CCOCCC1=CC2CCCC(C1)N2C(=O)OCc1ccccc1. The van der Waals surface area contributed by atoms with E-state index in [1.165, 1.54) is 12.0 Å². The van der Waals surface area contributed by atoms with Crippen LogP contribution in [0.1, 0.15) is 44.6 Å². The molecule has 2 heterocycles. The zero-order valence-corrected chi connectivity index (χ0v) is 14.4. The quantitative estimate of drug-likeness (QED) is 0.577. The molecule has 2 bridgehead atoms. The topological polar surface area (TPSA) is 38.8 Å². The van der Waals surface area contributed by atoms with Crippen molar-refractivity contribution in [3.8, 4) is 0 Å². The number of rotatable bonds is 6. The molecule has 1 fully saturated rings. The van der Waals surface area contributed by atoms with Crippen LogP contribution in [-0.4, -0.2) is 36.3 Å². The molecule has 1 amide bonds. The highest BCUT2D eigenvalue weighted by Crippen LogP contribution is 2.34. The predicted octanol–water partition coefficient (Wildman–Crippen LogP) is 4.30. The molecule has 0 saturated carbocycles. The first-order chi connectivity index (χ1) is 11.8. The van der Waals surface area contributed by atoms with Gasteiger partial charge in [-0.1, -0.05) is 42.0 Å². The summed E-state index contributed by atoms with van der Waals surface area (Å²) in [7, 11) is 0. The number of fused-ring (bicyclic) bond motifs is 2. The van der Waals surface area contributed by atoms with Gasteiger partial charge in [0.15, 0.2) is 0 Å². The van der Waals surface area contributed by atoms with Crippen molar-refractivity contribution in [2.45, 2.75) is 57.7 Å². The second-order valence-corrected chi connectivity index (χ2v) is 6.58. The highest BCUT2D eigenvalue weighted by molar-refractivity contribution is 5.69. The van der Waals surface area contributed by atoms with Crippen molar-refractivity contribution < 1.29 is 14.3 Å². The summed E-state index contributed by atoms with van der Waals surface area (Å²) in [4.78, 5) is 14.6. The van der Waals surface area contributed by atoms with Crippen molar-refractivity contribution in [3.05, 3.63) is 47.5 Å². The average Bonchev–Trinajstić information content (AvgIpc) is 2.60. The minimum atomic E-state index is -0.173. The van der Waals surface area contributed by atoms with Gasteiger partial charge in [0.05, 0.1) is 12.6 Å². The highest BCUT2D eigenvalue weighted by atomic mass is 16.6. The molecule has 4 nitrogen and oxygen atoms in total. The number of piperidine rings is 1. The lowest BCUT2D eigenvalue weighted by Crippen LogP contribution is -2.51. The second kappa shape index (κ2) is 8.34. The van der Waals surface area contributed by atoms with Gasteiger partial charge >= 0.3 is 6.09 Å². The van der Waals surface area contributed by atoms with Gasteiger partial charge in [0.1, 0.15) is 6.61 Å². The molecule has 24 heavy (non-hydrogen) atoms. The van der Waals surface area contributed by atoms with Gasteiger partial charge in [-0.25, -0.2) is 4.79 Å². The maximum atomic E-state index is 12.6. The molecule has 2 aliphatic heterocycles. The van der Waals surface area contributed by atoms with Gasteiger partial charge in [0.25, 0.3) is 0 Å². The molecule has 4 heteroatoms. The van der Waals surface area contributed by atoms with Crippen LogP contribution in [0.5, 0.6) is 0 Å². The maximum Gasteiger partial charge on any atom is 0.410 e. The molecule has 3 rings (SSSR count). The van der Waals surface area contributed by atoms with Crippen molar-refractivity contribution in [2.24, 2.45) is 0 Å². The fourth-order valence-electron chi connectivity index (χ4n) is 3.73. The van der Waals surface area contributed by atoms with Gasteiger partial charge < -0.3 is 9.47 Å². The second-order valence-electron chi connectivity index (χ2n) is 6.58. The Balaban J connectivity index is 1.60. The fraction of sp³-hybridized carbons (Fsp3) is 0.550. The number of nitrogens with zero attached hydrogens (tertiary/aromatic N) is 1. The van der Waals surface area contributed by atoms with E-state index in [1.54, 1.807) is 0 Å². The number of hydrogen-bond donors (Lipinski definition) is 0. The smallest absolute Gasteiger partial charge is 0.410 e. The van der Waals surface area contributed by atoms with Crippen LogP contribution in [0, 0.1) is 0 Å². The van der Waals surface area contributed by atoms with E-state index in [9.17, 15) is 4.79 Å².